The van der Waals surface area contributed by atoms with Gasteiger partial charge in [0.15, 0.2) is 0 Å². The molecule has 0 saturated carbocycles. The number of methoxy groups -OCH3 is 1. The second kappa shape index (κ2) is 9.08. The Morgan fingerprint density at radius 2 is 2.28 bits per heavy atom. The predicted molar refractivity (Wildman–Crippen MR) is 71.7 cm³/mol. The van der Waals surface area contributed by atoms with Crippen LogP contribution in [0.15, 0.2) is 12.3 Å². The minimum absolute atomic E-state index is 0.391. The lowest BCUT2D eigenvalue weighted by atomic mass is 10.1. The summed E-state index contributed by atoms with van der Waals surface area (Å²) in [6, 6.07) is 2.45. The topological polar surface area (TPSA) is 48.3 Å². The lowest BCUT2D eigenvalue weighted by Crippen LogP contribution is -2.34. The van der Waals surface area contributed by atoms with Crippen molar-refractivity contribution in [3.8, 4) is 0 Å². The van der Waals surface area contributed by atoms with Gasteiger partial charge in [-0.25, -0.2) is 0 Å². The highest BCUT2D eigenvalue weighted by Crippen LogP contribution is 2.04. The average Bonchev–Trinajstić information content (AvgIpc) is 2.77. The highest BCUT2D eigenvalue weighted by molar-refractivity contribution is 5.00. The third kappa shape index (κ3) is 5.62. The van der Waals surface area contributed by atoms with Crippen molar-refractivity contribution in [1.82, 2.24) is 15.1 Å². The lowest BCUT2D eigenvalue weighted by molar-refractivity contribution is 0.0577. The van der Waals surface area contributed by atoms with Crippen LogP contribution in [0.25, 0.3) is 0 Å². The summed E-state index contributed by atoms with van der Waals surface area (Å²) in [4.78, 5) is 0. The number of hydrogen-bond donors (Lipinski definition) is 1. The molecule has 5 heteroatoms. The molecule has 0 fully saturated rings. The van der Waals surface area contributed by atoms with Crippen LogP contribution >= 0.6 is 0 Å². The summed E-state index contributed by atoms with van der Waals surface area (Å²) in [5, 5.41) is 7.62. The van der Waals surface area contributed by atoms with Crippen LogP contribution in [0.4, 0.5) is 0 Å². The number of aromatic nitrogens is 2. The molecule has 1 heterocycles. The highest BCUT2D eigenvalue weighted by Gasteiger charge is 2.09. The van der Waals surface area contributed by atoms with Crippen LogP contribution in [0.1, 0.15) is 19.0 Å². The van der Waals surface area contributed by atoms with Crippen LogP contribution in [-0.4, -0.2) is 49.3 Å². The number of nitrogens with zero attached hydrogens (tertiary/aromatic N) is 2. The van der Waals surface area contributed by atoms with E-state index in [4.69, 9.17) is 9.47 Å². The van der Waals surface area contributed by atoms with Crippen molar-refractivity contribution >= 4 is 0 Å². The smallest absolute Gasteiger partial charge is 0.0701 e. The van der Waals surface area contributed by atoms with Crippen LogP contribution in [0, 0.1) is 0 Å². The summed E-state index contributed by atoms with van der Waals surface area (Å²) in [5.74, 6) is 0. The summed E-state index contributed by atoms with van der Waals surface area (Å²) < 4.78 is 12.5. The number of aryl methyl sites for hydroxylation is 2. The summed E-state index contributed by atoms with van der Waals surface area (Å²) in [6.45, 7) is 5.12. The molecular weight excluding hydrogens is 230 g/mol. The molecule has 1 aromatic rings. The minimum Gasteiger partial charge on any atom is -0.382 e. The Bertz CT molecular complexity index is 315. The first-order valence-electron chi connectivity index (χ1n) is 6.54. The summed E-state index contributed by atoms with van der Waals surface area (Å²) in [5.41, 5.74) is 1.26. The zero-order valence-corrected chi connectivity index (χ0v) is 11.7. The van der Waals surface area contributed by atoms with Gasteiger partial charge in [-0.1, -0.05) is 6.92 Å². The Morgan fingerprint density at radius 1 is 1.44 bits per heavy atom. The van der Waals surface area contributed by atoms with Crippen molar-refractivity contribution in [2.24, 2.45) is 7.05 Å². The van der Waals surface area contributed by atoms with E-state index in [2.05, 4.69) is 23.4 Å². The normalized spacial score (nSPS) is 12.8. The van der Waals surface area contributed by atoms with Crippen LogP contribution < -0.4 is 5.32 Å². The lowest BCUT2D eigenvalue weighted by Gasteiger charge is -2.18. The molecule has 18 heavy (non-hydrogen) atoms. The van der Waals surface area contributed by atoms with Crippen molar-refractivity contribution in [3.05, 3.63) is 18.0 Å². The van der Waals surface area contributed by atoms with Crippen molar-refractivity contribution < 1.29 is 9.47 Å². The predicted octanol–water partition coefficient (Wildman–Crippen LogP) is 0.994. The minimum atomic E-state index is 0.391. The first-order valence-corrected chi connectivity index (χ1v) is 6.54. The maximum atomic E-state index is 5.58. The second-order valence-electron chi connectivity index (χ2n) is 4.31. The number of hydrogen-bond acceptors (Lipinski definition) is 4. The number of ether oxygens (including phenoxy) is 2. The van der Waals surface area contributed by atoms with E-state index in [1.165, 1.54) is 5.69 Å². The molecule has 0 aliphatic carbocycles. The van der Waals surface area contributed by atoms with Gasteiger partial charge in [-0.3, -0.25) is 4.68 Å². The third-order valence-electron chi connectivity index (χ3n) is 2.92. The Hall–Kier alpha value is -0.910. The molecule has 1 N–H and O–H groups in total. The molecule has 5 nitrogen and oxygen atoms in total. The van der Waals surface area contributed by atoms with Gasteiger partial charge in [0.05, 0.1) is 19.8 Å². The van der Waals surface area contributed by atoms with Gasteiger partial charge >= 0.3 is 0 Å². The van der Waals surface area contributed by atoms with Crippen molar-refractivity contribution in [1.29, 1.82) is 0 Å². The molecule has 1 unspecified atom stereocenters. The van der Waals surface area contributed by atoms with E-state index in [0.29, 0.717) is 19.3 Å². The van der Waals surface area contributed by atoms with Crippen LogP contribution in [0.2, 0.25) is 0 Å². The zero-order valence-electron chi connectivity index (χ0n) is 11.7. The van der Waals surface area contributed by atoms with Gasteiger partial charge in [-0.15, -0.1) is 0 Å². The van der Waals surface area contributed by atoms with Gasteiger partial charge in [0.1, 0.15) is 0 Å². The SMILES string of the molecule is CCNC(CCc1ccnn1C)COCCOC. The maximum Gasteiger partial charge on any atom is 0.0701 e. The molecule has 0 radical (unpaired) electrons. The summed E-state index contributed by atoms with van der Waals surface area (Å²) in [6.07, 6.45) is 3.91. The molecule has 1 rings (SSSR count). The van der Waals surface area contributed by atoms with Gasteiger partial charge in [-0.2, -0.15) is 5.10 Å². The third-order valence-corrected chi connectivity index (χ3v) is 2.92. The largest absolute Gasteiger partial charge is 0.382 e. The monoisotopic (exact) mass is 255 g/mol. The van der Waals surface area contributed by atoms with E-state index in [1.807, 2.05) is 17.9 Å². The molecule has 0 aromatic carbocycles. The van der Waals surface area contributed by atoms with Crippen LogP contribution in [0.3, 0.4) is 0 Å². The van der Waals surface area contributed by atoms with Gasteiger partial charge in [0.25, 0.3) is 0 Å². The highest BCUT2D eigenvalue weighted by atomic mass is 16.5. The van der Waals surface area contributed by atoms with Crippen molar-refractivity contribution in [2.45, 2.75) is 25.8 Å². The van der Waals surface area contributed by atoms with Gasteiger partial charge in [0, 0.05) is 32.1 Å². The fraction of sp³-hybridized carbons (Fsp3) is 0.769. The molecule has 0 bridgehead atoms. The Morgan fingerprint density at radius 3 is 2.89 bits per heavy atom. The fourth-order valence-corrected chi connectivity index (χ4v) is 1.87. The van der Waals surface area contributed by atoms with E-state index in [-0.39, 0.29) is 0 Å². The van der Waals surface area contributed by atoms with Crippen LogP contribution in [-0.2, 0) is 22.9 Å². The Labute approximate surface area is 109 Å². The van der Waals surface area contributed by atoms with E-state index in [1.54, 1.807) is 7.11 Å². The number of rotatable bonds is 10. The molecular formula is C13H25N3O2. The summed E-state index contributed by atoms with van der Waals surface area (Å²) in [7, 11) is 3.67. The number of likely N-dealkylation sites (N-methyl/N-ethyl adjacent to an activating group) is 1. The molecule has 0 saturated heterocycles. The maximum absolute atomic E-state index is 5.58. The van der Waals surface area contributed by atoms with E-state index in [0.717, 1.165) is 26.0 Å². The Kier molecular flexibility index (Phi) is 7.64. The van der Waals surface area contributed by atoms with Gasteiger partial charge < -0.3 is 14.8 Å². The first-order chi connectivity index (χ1) is 8.77. The van der Waals surface area contributed by atoms with E-state index in [9.17, 15) is 0 Å². The number of nitrogens with one attached hydrogen (secondary N) is 1. The standard InChI is InChI=1S/C13H25N3O2/c1-4-14-12(11-18-10-9-17-3)5-6-13-7-8-15-16(13)2/h7-8,12,14H,4-6,9-11H2,1-3H3. The molecule has 0 aliphatic rings. The second-order valence-corrected chi connectivity index (χ2v) is 4.31. The van der Waals surface area contributed by atoms with Crippen molar-refractivity contribution in [3.63, 3.8) is 0 Å². The first kappa shape index (κ1) is 15.1. The molecule has 0 spiro atoms. The van der Waals surface area contributed by atoms with E-state index >= 15 is 0 Å². The quantitative estimate of drug-likeness (QED) is 0.634. The summed E-state index contributed by atoms with van der Waals surface area (Å²) >= 11 is 0. The average molecular weight is 255 g/mol. The fourth-order valence-electron chi connectivity index (χ4n) is 1.87. The zero-order chi connectivity index (χ0) is 13.2. The Balaban J connectivity index is 2.26. The van der Waals surface area contributed by atoms with Crippen LogP contribution in [0.5, 0.6) is 0 Å². The van der Waals surface area contributed by atoms with Gasteiger partial charge in [0.2, 0.25) is 0 Å². The van der Waals surface area contributed by atoms with E-state index < -0.39 is 0 Å². The molecule has 1 atom stereocenters. The molecule has 1 aromatic heterocycles. The molecule has 0 amide bonds. The van der Waals surface area contributed by atoms with Gasteiger partial charge in [-0.05, 0) is 25.5 Å². The van der Waals surface area contributed by atoms with Crippen molar-refractivity contribution in [2.75, 3.05) is 33.5 Å². The molecule has 104 valence electrons. The molecule has 0 aliphatic heterocycles.